The first-order chi connectivity index (χ1) is 16.0. The van der Waals surface area contributed by atoms with Gasteiger partial charge in [0.05, 0.1) is 0 Å². The average Bonchev–Trinajstić information content (AvgIpc) is 3.15. The smallest absolute Gasteiger partial charge is 0.406 e. The molecular weight excluding hydrogens is 449 g/mol. The second-order valence-corrected chi connectivity index (χ2v) is 8.06. The number of hydrogen-bond donors (Lipinski definition) is 3. The highest BCUT2D eigenvalue weighted by Crippen LogP contribution is 2.26. The molecule has 3 N–H and O–H groups in total. The van der Waals surface area contributed by atoms with Crippen LogP contribution in [-0.4, -0.2) is 47.3 Å². The number of aliphatic hydroxyl groups excluding tert-OH is 1. The molecule has 2 rings (SSSR count). The number of amidine groups is 1. The predicted molar refractivity (Wildman–Crippen MR) is 126 cm³/mol. The molecule has 1 heterocycles. The summed E-state index contributed by atoms with van der Waals surface area (Å²) in [6, 6.07) is 5.32. The number of alkyl halides is 3. The molecule has 1 aromatic rings. The number of ether oxygens (including phenoxy) is 1. The normalized spacial score (nSPS) is 17.2. The van der Waals surface area contributed by atoms with Crippen LogP contribution in [0.15, 0.2) is 65.6 Å². The summed E-state index contributed by atoms with van der Waals surface area (Å²) < 4.78 is 40.9. The average molecular weight is 481 g/mol. The SMILES string of the molecule is C=C/N=C1\C(=C(/C)Nc2ccc(OC(F)(F)F)cc2)C=CN1CCC(=O)NC(CCO)C(C)C. The Kier molecular flexibility index (Phi) is 9.73. The van der Waals surface area contributed by atoms with Crippen LogP contribution in [0.2, 0.25) is 0 Å². The lowest BCUT2D eigenvalue weighted by molar-refractivity contribution is -0.274. The summed E-state index contributed by atoms with van der Waals surface area (Å²) in [6.45, 7) is 9.84. The molecule has 0 aromatic heterocycles. The number of nitrogens with one attached hydrogen (secondary N) is 2. The number of carbonyl (C=O) groups is 1. The van der Waals surface area contributed by atoms with Gasteiger partial charge in [0.25, 0.3) is 0 Å². The second kappa shape index (κ2) is 12.3. The highest BCUT2D eigenvalue weighted by molar-refractivity contribution is 6.05. The highest BCUT2D eigenvalue weighted by atomic mass is 19.4. The number of allylic oxidation sites excluding steroid dienone is 1. The number of nitrogens with zero attached hydrogens (tertiary/aromatic N) is 2. The number of hydrogen-bond acceptors (Lipinski definition) is 5. The fourth-order valence-corrected chi connectivity index (χ4v) is 3.40. The van der Waals surface area contributed by atoms with Crippen LogP contribution in [0.4, 0.5) is 18.9 Å². The number of halogens is 3. The number of anilines is 1. The molecule has 10 heteroatoms. The Hall–Kier alpha value is -3.27. The third-order valence-corrected chi connectivity index (χ3v) is 5.14. The first kappa shape index (κ1) is 27.0. The summed E-state index contributed by atoms with van der Waals surface area (Å²) in [5, 5.41) is 15.3. The van der Waals surface area contributed by atoms with Crippen LogP contribution in [0.1, 0.15) is 33.6 Å². The van der Waals surface area contributed by atoms with E-state index in [0.29, 0.717) is 24.5 Å². The summed E-state index contributed by atoms with van der Waals surface area (Å²) in [4.78, 5) is 18.6. The number of carbonyl (C=O) groups excluding carboxylic acids is 1. The Morgan fingerprint density at radius 2 is 1.97 bits per heavy atom. The van der Waals surface area contributed by atoms with Crippen LogP contribution >= 0.6 is 0 Å². The van der Waals surface area contributed by atoms with E-state index in [1.54, 1.807) is 0 Å². The Labute approximate surface area is 197 Å². The zero-order chi connectivity index (χ0) is 25.3. The fourth-order valence-electron chi connectivity index (χ4n) is 3.40. The van der Waals surface area contributed by atoms with Gasteiger partial charge in [-0.25, -0.2) is 4.99 Å². The van der Waals surface area contributed by atoms with Gasteiger partial charge in [0.15, 0.2) is 0 Å². The lowest BCUT2D eigenvalue weighted by Crippen LogP contribution is -2.40. The standard InChI is InChI=1S/C24H31F3N4O3/c1-5-28-23-20(17(4)29-18-6-8-19(9-7-18)34-24(25,26)27)10-13-31(23)14-11-22(33)30-21(12-15-32)16(2)3/h5-10,13,16,21,29,32H,1,11-12,14-15H2,2-4H3,(H,30,33)/b20-17+,28-23+. The maximum Gasteiger partial charge on any atom is 0.573 e. The molecule has 186 valence electrons. The minimum absolute atomic E-state index is 0.00659. The molecule has 1 aliphatic heterocycles. The Balaban J connectivity index is 2.04. The maximum absolute atomic E-state index is 12.4. The largest absolute Gasteiger partial charge is 0.573 e. The lowest BCUT2D eigenvalue weighted by atomic mass is 10.0. The molecule has 0 bridgehead atoms. The van der Waals surface area contributed by atoms with E-state index in [1.165, 1.54) is 30.5 Å². The summed E-state index contributed by atoms with van der Waals surface area (Å²) in [7, 11) is 0. The molecule has 0 saturated heterocycles. The third kappa shape index (κ3) is 8.26. The van der Waals surface area contributed by atoms with Gasteiger partial charge < -0.3 is 25.4 Å². The quantitative estimate of drug-likeness (QED) is 0.433. The summed E-state index contributed by atoms with van der Waals surface area (Å²) in [6.07, 6.45) is 1.04. The Bertz CT molecular complexity index is 938. The molecule has 1 atom stereocenters. The van der Waals surface area contributed by atoms with Gasteiger partial charge in [0.1, 0.15) is 11.6 Å². The van der Waals surface area contributed by atoms with Crippen molar-refractivity contribution in [2.75, 3.05) is 18.5 Å². The van der Waals surface area contributed by atoms with E-state index in [9.17, 15) is 23.1 Å². The number of aliphatic imine (C=N–C) groups is 1. The van der Waals surface area contributed by atoms with Crippen LogP contribution in [0, 0.1) is 5.92 Å². The van der Waals surface area contributed by atoms with Crippen molar-refractivity contribution in [3.63, 3.8) is 0 Å². The van der Waals surface area contributed by atoms with Gasteiger partial charge in [0.2, 0.25) is 5.91 Å². The summed E-state index contributed by atoms with van der Waals surface area (Å²) in [5.41, 5.74) is 2.06. The van der Waals surface area contributed by atoms with Crippen LogP contribution < -0.4 is 15.4 Å². The molecule has 1 unspecified atom stereocenters. The number of benzene rings is 1. The molecule has 1 amide bonds. The van der Waals surface area contributed by atoms with E-state index < -0.39 is 6.36 Å². The van der Waals surface area contributed by atoms with Crippen molar-refractivity contribution >= 4 is 17.4 Å². The molecule has 34 heavy (non-hydrogen) atoms. The van der Waals surface area contributed by atoms with E-state index in [2.05, 4.69) is 26.9 Å². The molecule has 7 nitrogen and oxygen atoms in total. The highest BCUT2D eigenvalue weighted by Gasteiger charge is 2.31. The van der Waals surface area contributed by atoms with Crippen molar-refractivity contribution < 1.29 is 27.8 Å². The van der Waals surface area contributed by atoms with E-state index >= 15 is 0 Å². The van der Waals surface area contributed by atoms with Gasteiger partial charge in [0, 0.05) is 55.0 Å². The first-order valence-corrected chi connectivity index (χ1v) is 10.9. The van der Waals surface area contributed by atoms with Crippen LogP contribution in [0.25, 0.3) is 0 Å². The minimum Gasteiger partial charge on any atom is -0.406 e. The Morgan fingerprint density at radius 1 is 1.29 bits per heavy atom. The van der Waals surface area contributed by atoms with Crippen LogP contribution in [-0.2, 0) is 4.79 Å². The van der Waals surface area contributed by atoms with Gasteiger partial charge in [-0.2, -0.15) is 0 Å². The van der Waals surface area contributed by atoms with Crippen molar-refractivity contribution in [3.8, 4) is 5.75 Å². The van der Waals surface area contributed by atoms with E-state index in [1.807, 2.05) is 37.9 Å². The molecule has 0 radical (unpaired) electrons. The minimum atomic E-state index is -4.74. The fraction of sp³-hybridized carbons (Fsp3) is 0.417. The summed E-state index contributed by atoms with van der Waals surface area (Å²) >= 11 is 0. The van der Waals surface area contributed by atoms with Gasteiger partial charge in [-0.05, 0) is 49.6 Å². The molecule has 1 aliphatic rings. The van der Waals surface area contributed by atoms with Crippen molar-refractivity contribution in [2.24, 2.45) is 10.9 Å². The van der Waals surface area contributed by atoms with Gasteiger partial charge in [-0.1, -0.05) is 20.4 Å². The lowest BCUT2D eigenvalue weighted by Gasteiger charge is -2.23. The van der Waals surface area contributed by atoms with Crippen molar-refractivity contribution in [2.45, 2.75) is 46.0 Å². The molecule has 0 spiro atoms. The van der Waals surface area contributed by atoms with Crippen LogP contribution in [0.5, 0.6) is 5.75 Å². The second-order valence-electron chi connectivity index (χ2n) is 8.06. The molecular formula is C24H31F3N4O3. The van der Waals surface area contributed by atoms with Crippen molar-refractivity contribution in [1.29, 1.82) is 0 Å². The zero-order valence-corrected chi connectivity index (χ0v) is 19.5. The molecule has 0 aliphatic carbocycles. The summed E-state index contributed by atoms with van der Waals surface area (Å²) in [5.74, 6) is 0.381. The van der Waals surface area contributed by atoms with Gasteiger partial charge >= 0.3 is 6.36 Å². The predicted octanol–water partition coefficient (Wildman–Crippen LogP) is 4.56. The van der Waals surface area contributed by atoms with E-state index in [0.717, 1.165) is 11.3 Å². The zero-order valence-electron chi connectivity index (χ0n) is 19.5. The number of rotatable bonds is 11. The van der Waals surface area contributed by atoms with E-state index in [4.69, 9.17) is 0 Å². The van der Waals surface area contributed by atoms with Crippen molar-refractivity contribution in [3.05, 3.63) is 60.6 Å². The Morgan fingerprint density at radius 3 is 2.53 bits per heavy atom. The monoisotopic (exact) mass is 480 g/mol. The van der Waals surface area contributed by atoms with E-state index in [-0.39, 0.29) is 36.6 Å². The molecule has 0 saturated carbocycles. The number of aliphatic hydroxyl groups is 1. The van der Waals surface area contributed by atoms with Gasteiger partial charge in [-0.15, -0.1) is 13.2 Å². The van der Waals surface area contributed by atoms with Crippen molar-refractivity contribution in [1.82, 2.24) is 10.2 Å². The van der Waals surface area contributed by atoms with Gasteiger partial charge in [-0.3, -0.25) is 4.79 Å². The number of amides is 1. The third-order valence-electron chi connectivity index (χ3n) is 5.14. The maximum atomic E-state index is 12.4. The topological polar surface area (TPSA) is 86.2 Å². The molecule has 0 fully saturated rings. The first-order valence-electron chi connectivity index (χ1n) is 10.9. The molecule has 1 aromatic carbocycles. The van der Waals surface area contributed by atoms with Crippen LogP contribution in [0.3, 0.4) is 0 Å².